The molecule has 2 aromatic rings. The molecule has 2 heterocycles. The molecule has 1 aliphatic heterocycles. The molecule has 1 aliphatic rings. The Morgan fingerprint density at radius 1 is 1.27 bits per heavy atom. The number of nitro groups is 1. The lowest BCUT2D eigenvalue weighted by Gasteiger charge is -2.37. The number of nitrogens with zero attached hydrogens (tertiary/aromatic N) is 3. The molecule has 6 heteroatoms. The van der Waals surface area contributed by atoms with E-state index in [1.807, 2.05) is 30.2 Å². The van der Waals surface area contributed by atoms with E-state index in [-0.39, 0.29) is 17.6 Å². The number of non-ortho nitro benzene ring substituents is 1. The monoisotopic (exact) mass is 299 g/mol. The fourth-order valence-corrected chi connectivity index (χ4v) is 2.98. The van der Waals surface area contributed by atoms with Gasteiger partial charge in [0.15, 0.2) is 0 Å². The molecule has 0 saturated heterocycles. The molecule has 0 radical (unpaired) electrons. The van der Waals surface area contributed by atoms with Gasteiger partial charge in [-0.05, 0) is 29.8 Å². The lowest BCUT2D eigenvalue weighted by Crippen LogP contribution is -2.42. The van der Waals surface area contributed by atoms with Crippen LogP contribution in [0, 0.1) is 10.1 Å². The molecule has 0 N–H and O–H groups in total. The Balaban J connectivity index is 2.03. The molecule has 6 nitrogen and oxygen atoms in total. The normalized spacial score (nSPS) is 17.1. The van der Waals surface area contributed by atoms with E-state index in [0.717, 1.165) is 17.8 Å². The smallest absolute Gasteiger partial charge is 0.269 e. The highest BCUT2D eigenvalue weighted by molar-refractivity contribution is 5.77. The van der Waals surface area contributed by atoms with E-state index >= 15 is 0 Å². The van der Waals surface area contributed by atoms with Gasteiger partial charge in [-0.1, -0.05) is 6.92 Å². The first-order chi connectivity index (χ1) is 10.6. The summed E-state index contributed by atoms with van der Waals surface area (Å²) in [5.41, 5.74) is 2.00. The fourth-order valence-electron chi connectivity index (χ4n) is 2.98. The van der Waals surface area contributed by atoms with Crippen molar-refractivity contribution in [2.24, 2.45) is 0 Å². The first-order valence-electron chi connectivity index (χ1n) is 7.30. The van der Waals surface area contributed by atoms with Gasteiger partial charge >= 0.3 is 0 Å². The van der Waals surface area contributed by atoms with Crippen LogP contribution in [-0.2, 0) is 11.3 Å². The summed E-state index contributed by atoms with van der Waals surface area (Å²) in [6.07, 6.45) is 2.45. The zero-order chi connectivity index (χ0) is 15.7. The summed E-state index contributed by atoms with van der Waals surface area (Å²) in [5.74, 6) is 0.0933. The number of hydrogen-bond acceptors (Lipinski definition) is 3. The van der Waals surface area contributed by atoms with Crippen LogP contribution in [0.1, 0.15) is 30.6 Å². The maximum absolute atomic E-state index is 12.3. The number of nitro benzene ring substituents is 1. The van der Waals surface area contributed by atoms with Gasteiger partial charge in [-0.25, -0.2) is 0 Å². The molecule has 22 heavy (non-hydrogen) atoms. The maximum Gasteiger partial charge on any atom is 0.269 e. The molecular weight excluding hydrogens is 282 g/mol. The van der Waals surface area contributed by atoms with Gasteiger partial charge in [0.2, 0.25) is 5.91 Å². The number of rotatable bonds is 3. The van der Waals surface area contributed by atoms with E-state index in [1.54, 1.807) is 12.1 Å². The molecule has 0 fully saturated rings. The Kier molecular flexibility index (Phi) is 3.66. The highest BCUT2D eigenvalue weighted by Gasteiger charge is 2.31. The molecule has 0 saturated carbocycles. The van der Waals surface area contributed by atoms with Crippen LogP contribution in [0.2, 0.25) is 0 Å². The summed E-state index contributed by atoms with van der Waals surface area (Å²) in [6.45, 7) is 3.27. The third-order valence-electron chi connectivity index (χ3n) is 4.08. The van der Waals surface area contributed by atoms with Crippen molar-refractivity contribution in [2.45, 2.75) is 25.9 Å². The van der Waals surface area contributed by atoms with Crippen LogP contribution >= 0.6 is 0 Å². The summed E-state index contributed by atoms with van der Waals surface area (Å²) in [5, 5.41) is 10.8. The van der Waals surface area contributed by atoms with Crippen LogP contribution in [0.3, 0.4) is 0 Å². The fraction of sp³-hybridized carbons (Fsp3) is 0.312. The Morgan fingerprint density at radius 2 is 2.00 bits per heavy atom. The molecular formula is C16H17N3O3. The van der Waals surface area contributed by atoms with E-state index in [1.165, 1.54) is 12.1 Å². The number of fused-ring (bicyclic) bond motifs is 1. The average molecular weight is 299 g/mol. The summed E-state index contributed by atoms with van der Waals surface area (Å²) in [7, 11) is 0. The van der Waals surface area contributed by atoms with Gasteiger partial charge in [0, 0.05) is 43.5 Å². The lowest BCUT2D eigenvalue weighted by molar-refractivity contribution is -0.384. The Morgan fingerprint density at radius 3 is 2.64 bits per heavy atom. The summed E-state index contributed by atoms with van der Waals surface area (Å²) < 4.78 is 2.13. The summed E-state index contributed by atoms with van der Waals surface area (Å²) >= 11 is 0. The zero-order valence-electron chi connectivity index (χ0n) is 12.3. The van der Waals surface area contributed by atoms with E-state index in [9.17, 15) is 14.9 Å². The number of amides is 1. The average Bonchev–Trinajstić information content (AvgIpc) is 3.01. The van der Waals surface area contributed by atoms with Crippen LogP contribution in [0.5, 0.6) is 0 Å². The third-order valence-corrected chi connectivity index (χ3v) is 4.08. The van der Waals surface area contributed by atoms with Crippen LogP contribution in [0.15, 0.2) is 42.6 Å². The van der Waals surface area contributed by atoms with E-state index in [2.05, 4.69) is 4.57 Å². The van der Waals surface area contributed by atoms with Crippen molar-refractivity contribution in [2.75, 3.05) is 6.54 Å². The molecule has 0 aliphatic carbocycles. The molecule has 0 bridgehead atoms. The molecule has 1 amide bonds. The number of hydrogen-bond donors (Lipinski definition) is 0. The SMILES string of the molecule is CCC(=O)N1CCn2cccc2[C@H]1c1ccc([N+](=O)[O-])cc1. The second-order valence-corrected chi connectivity index (χ2v) is 5.32. The molecule has 0 unspecified atom stereocenters. The molecule has 0 spiro atoms. The van der Waals surface area contributed by atoms with Crippen molar-refractivity contribution in [3.8, 4) is 0 Å². The predicted octanol–water partition coefficient (Wildman–Crippen LogP) is 2.74. The van der Waals surface area contributed by atoms with Gasteiger partial charge in [-0.2, -0.15) is 0 Å². The van der Waals surface area contributed by atoms with E-state index < -0.39 is 4.92 Å². The van der Waals surface area contributed by atoms with Crippen LogP contribution in [0.25, 0.3) is 0 Å². The van der Waals surface area contributed by atoms with Crippen molar-refractivity contribution in [3.05, 3.63) is 64.0 Å². The van der Waals surface area contributed by atoms with Crippen LogP contribution in [0.4, 0.5) is 5.69 Å². The first kappa shape index (κ1) is 14.3. The largest absolute Gasteiger partial charge is 0.348 e. The second kappa shape index (κ2) is 5.63. The Bertz CT molecular complexity index is 706. The van der Waals surface area contributed by atoms with Crippen molar-refractivity contribution in [1.29, 1.82) is 0 Å². The van der Waals surface area contributed by atoms with Crippen molar-refractivity contribution < 1.29 is 9.72 Å². The summed E-state index contributed by atoms with van der Waals surface area (Å²) in [4.78, 5) is 24.5. The van der Waals surface area contributed by atoms with Gasteiger partial charge in [-0.3, -0.25) is 14.9 Å². The van der Waals surface area contributed by atoms with Gasteiger partial charge in [0.25, 0.3) is 5.69 Å². The first-order valence-corrected chi connectivity index (χ1v) is 7.30. The minimum atomic E-state index is -0.414. The Hall–Kier alpha value is -2.63. The predicted molar refractivity (Wildman–Crippen MR) is 81.4 cm³/mol. The molecule has 1 atom stereocenters. The summed E-state index contributed by atoms with van der Waals surface area (Å²) in [6, 6.07) is 10.2. The number of carbonyl (C=O) groups excluding carboxylic acids is 1. The van der Waals surface area contributed by atoms with Crippen LogP contribution < -0.4 is 0 Å². The lowest BCUT2D eigenvalue weighted by atomic mass is 9.99. The molecule has 3 rings (SSSR count). The number of benzene rings is 1. The standard InChI is InChI=1S/C16H17N3O3/c1-2-15(20)18-11-10-17-9-3-4-14(17)16(18)12-5-7-13(8-6-12)19(21)22/h3-9,16H,2,10-11H2,1H3/t16-/m1/s1. The Labute approximate surface area is 128 Å². The van der Waals surface area contributed by atoms with Gasteiger partial charge in [0.05, 0.1) is 11.0 Å². The van der Waals surface area contributed by atoms with Crippen molar-refractivity contribution in [3.63, 3.8) is 0 Å². The number of carbonyl (C=O) groups is 1. The second-order valence-electron chi connectivity index (χ2n) is 5.32. The molecule has 1 aromatic carbocycles. The van der Waals surface area contributed by atoms with E-state index in [4.69, 9.17) is 0 Å². The third kappa shape index (κ3) is 2.36. The quantitative estimate of drug-likeness (QED) is 0.646. The highest BCUT2D eigenvalue weighted by Crippen LogP contribution is 2.33. The van der Waals surface area contributed by atoms with Gasteiger partial charge in [-0.15, -0.1) is 0 Å². The van der Waals surface area contributed by atoms with Crippen molar-refractivity contribution >= 4 is 11.6 Å². The minimum Gasteiger partial charge on any atom is -0.348 e. The maximum atomic E-state index is 12.3. The number of aromatic nitrogens is 1. The highest BCUT2D eigenvalue weighted by atomic mass is 16.6. The molecule has 1 aromatic heterocycles. The topological polar surface area (TPSA) is 68.4 Å². The van der Waals surface area contributed by atoms with E-state index in [0.29, 0.717) is 13.0 Å². The zero-order valence-corrected chi connectivity index (χ0v) is 12.3. The molecule has 114 valence electrons. The van der Waals surface area contributed by atoms with Gasteiger partial charge in [0.1, 0.15) is 0 Å². The van der Waals surface area contributed by atoms with Crippen LogP contribution in [-0.4, -0.2) is 26.8 Å². The minimum absolute atomic E-state index is 0.0586. The van der Waals surface area contributed by atoms with Crippen molar-refractivity contribution in [1.82, 2.24) is 9.47 Å². The van der Waals surface area contributed by atoms with Gasteiger partial charge < -0.3 is 9.47 Å².